The molecule has 108 valence electrons. The summed E-state index contributed by atoms with van der Waals surface area (Å²) in [4.78, 5) is 0. The number of benzene rings is 2. The van der Waals surface area contributed by atoms with Gasteiger partial charge >= 0.3 is 0 Å². The van der Waals surface area contributed by atoms with Gasteiger partial charge < -0.3 is 14.8 Å². The number of nitrogens with one attached hydrogen (secondary N) is 1. The summed E-state index contributed by atoms with van der Waals surface area (Å²) >= 11 is 0. The molecule has 4 nitrogen and oxygen atoms in total. The summed E-state index contributed by atoms with van der Waals surface area (Å²) in [6, 6.07) is 17.7. The van der Waals surface area contributed by atoms with E-state index in [2.05, 4.69) is 17.4 Å². The van der Waals surface area contributed by atoms with E-state index in [1.807, 2.05) is 42.5 Å². The first kappa shape index (κ1) is 14.9. The predicted molar refractivity (Wildman–Crippen MR) is 82.0 cm³/mol. The maximum absolute atomic E-state index is 8.46. The number of methoxy groups -OCH3 is 1. The van der Waals surface area contributed by atoms with Crippen LogP contribution in [0.5, 0.6) is 5.75 Å². The van der Waals surface area contributed by atoms with Gasteiger partial charge in [0.05, 0.1) is 6.61 Å². The molecule has 2 aromatic carbocycles. The topological polar surface area (TPSA) is 54.3 Å². The number of rotatable bonds is 7. The Kier molecular flexibility index (Phi) is 5.62. The molecule has 4 heteroatoms. The average molecular weight is 282 g/mol. The van der Waals surface area contributed by atoms with Gasteiger partial charge in [0.15, 0.2) is 6.61 Å². The molecule has 0 heterocycles. The lowest BCUT2D eigenvalue weighted by Gasteiger charge is -2.11. The second-order valence-electron chi connectivity index (χ2n) is 4.53. The van der Waals surface area contributed by atoms with Crippen molar-refractivity contribution in [3.05, 3.63) is 59.7 Å². The molecule has 2 rings (SSSR count). The van der Waals surface area contributed by atoms with Gasteiger partial charge in [-0.3, -0.25) is 0 Å². The van der Waals surface area contributed by atoms with Gasteiger partial charge in [-0.1, -0.05) is 24.3 Å². The van der Waals surface area contributed by atoms with E-state index in [9.17, 15) is 0 Å². The van der Waals surface area contributed by atoms with Crippen LogP contribution in [0.1, 0.15) is 11.1 Å². The van der Waals surface area contributed by atoms with Gasteiger partial charge in [0.25, 0.3) is 0 Å². The van der Waals surface area contributed by atoms with Crippen molar-refractivity contribution < 1.29 is 9.47 Å². The van der Waals surface area contributed by atoms with Crippen molar-refractivity contribution >= 4 is 5.69 Å². The summed E-state index contributed by atoms with van der Waals surface area (Å²) in [6.45, 7) is 1.41. The Balaban J connectivity index is 1.95. The average Bonchev–Trinajstić information content (AvgIpc) is 2.53. The second-order valence-corrected chi connectivity index (χ2v) is 4.53. The maximum Gasteiger partial charge on any atom is 0.174 e. The molecule has 0 bridgehead atoms. The highest BCUT2D eigenvalue weighted by Crippen LogP contribution is 2.17. The maximum atomic E-state index is 8.46. The molecule has 0 amide bonds. The summed E-state index contributed by atoms with van der Waals surface area (Å²) in [5.41, 5.74) is 3.40. The number of hydrogen-bond donors (Lipinski definition) is 1. The van der Waals surface area contributed by atoms with Crippen molar-refractivity contribution in [3.8, 4) is 11.8 Å². The molecule has 0 radical (unpaired) electrons. The zero-order valence-electron chi connectivity index (χ0n) is 12.0. The van der Waals surface area contributed by atoms with Crippen LogP contribution in [0.25, 0.3) is 0 Å². The van der Waals surface area contributed by atoms with Crippen LogP contribution in [0.3, 0.4) is 0 Å². The van der Waals surface area contributed by atoms with Crippen LogP contribution in [0.2, 0.25) is 0 Å². The van der Waals surface area contributed by atoms with Gasteiger partial charge in [-0.15, -0.1) is 0 Å². The lowest BCUT2D eigenvalue weighted by molar-refractivity contribution is 0.184. The van der Waals surface area contributed by atoms with E-state index in [-0.39, 0.29) is 6.61 Å². The number of ether oxygens (including phenoxy) is 2. The Morgan fingerprint density at radius 1 is 1.05 bits per heavy atom. The van der Waals surface area contributed by atoms with Crippen molar-refractivity contribution in [1.29, 1.82) is 5.26 Å². The molecule has 0 fully saturated rings. The third-order valence-electron chi connectivity index (χ3n) is 3.06. The van der Waals surface area contributed by atoms with Crippen LogP contribution in [0, 0.1) is 11.3 Å². The molecule has 0 saturated carbocycles. The highest BCUT2D eigenvalue weighted by atomic mass is 16.5. The molecule has 21 heavy (non-hydrogen) atoms. The van der Waals surface area contributed by atoms with Crippen LogP contribution in [-0.2, 0) is 17.9 Å². The van der Waals surface area contributed by atoms with Crippen molar-refractivity contribution in [2.45, 2.75) is 13.2 Å². The van der Waals surface area contributed by atoms with E-state index in [0.717, 1.165) is 12.2 Å². The lowest BCUT2D eigenvalue weighted by Crippen LogP contribution is -2.03. The van der Waals surface area contributed by atoms with Crippen LogP contribution < -0.4 is 10.1 Å². The molecule has 0 atom stereocenters. The minimum atomic E-state index is 0.0666. The second kappa shape index (κ2) is 7.93. The normalized spacial score (nSPS) is 9.90. The van der Waals surface area contributed by atoms with E-state index < -0.39 is 0 Å². The first-order chi connectivity index (χ1) is 10.3. The molecule has 0 spiro atoms. The van der Waals surface area contributed by atoms with Crippen LogP contribution in [0.4, 0.5) is 5.69 Å². The Hall–Kier alpha value is -2.51. The Labute approximate surface area is 124 Å². The summed E-state index contributed by atoms with van der Waals surface area (Å²) in [5, 5.41) is 11.8. The highest BCUT2D eigenvalue weighted by Gasteiger charge is 2.01. The Bertz CT molecular complexity index is 603. The van der Waals surface area contributed by atoms with E-state index >= 15 is 0 Å². The third kappa shape index (κ3) is 4.51. The van der Waals surface area contributed by atoms with E-state index in [0.29, 0.717) is 12.4 Å². The van der Waals surface area contributed by atoms with E-state index in [1.54, 1.807) is 7.11 Å². The van der Waals surface area contributed by atoms with Crippen LogP contribution in [0.15, 0.2) is 48.5 Å². The number of nitrogens with zero attached hydrogens (tertiary/aromatic N) is 1. The quantitative estimate of drug-likeness (QED) is 0.846. The van der Waals surface area contributed by atoms with Gasteiger partial charge in [-0.05, 0) is 35.4 Å². The molecule has 0 aliphatic rings. The van der Waals surface area contributed by atoms with E-state index in [1.165, 1.54) is 11.1 Å². The van der Waals surface area contributed by atoms with Crippen molar-refractivity contribution in [2.24, 2.45) is 0 Å². The molecule has 0 aliphatic heterocycles. The molecular formula is C17H18N2O2. The SMILES string of the molecule is COCc1ccccc1CNc1ccc(OCC#N)cc1. The zero-order valence-corrected chi connectivity index (χ0v) is 12.0. The Morgan fingerprint density at radius 2 is 1.76 bits per heavy atom. The molecule has 0 aliphatic carbocycles. The highest BCUT2D eigenvalue weighted by molar-refractivity contribution is 5.47. The lowest BCUT2D eigenvalue weighted by atomic mass is 10.1. The summed E-state index contributed by atoms with van der Waals surface area (Å²) in [6.07, 6.45) is 0. The predicted octanol–water partition coefficient (Wildman–Crippen LogP) is 3.35. The fourth-order valence-electron chi connectivity index (χ4n) is 2.01. The number of hydrogen-bond acceptors (Lipinski definition) is 4. The molecular weight excluding hydrogens is 264 g/mol. The zero-order chi connectivity index (χ0) is 14.9. The number of nitriles is 1. The molecule has 1 N–H and O–H groups in total. The van der Waals surface area contributed by atoms with Gasteiger partial charge in [0, 0.05) is 19.3 Å². The van der Waals surface area contributed by atoms with Crippen molar-refractivity contribution in [2.75, 3.05) is 19.0 Å². The number of anilines is 1. The summed E-state index contributed by atoms with van der Waals surface area (Å²) < 4.78 is 10.4. The molecule has 0 unspecified atom stereocenters. The van der Waals surface area contributed by atoms with Gasteiger partial charge in [0.1, 0.15) is 11.8 Å². The summed E-state index contributed by atoms with van der Waals surface area (Å²) in [7, 11) is 1.70. The first-order valence-electron chi connectivity index (χ1n) is 6.73. The minimum Gasteiger partial charge on any atom is -0.479 e. The van der Waals surface area contributed by atoms with Crippen LogP contribution >= 0.6 is 0 Å². The molecule has 0 aromatic heterocycles. The minimum absolute atomic E-state index is 0.0666. The first-order valence-corrected chi connectivity index (χ1v) is 6.73. The van der Waals surface area contributed by atoms with Gasteiger partial charge in [-0.2, -0.15) is 5.26 Å². The summed E-state index contributed by atoms with van der Waals surface area (Å²) in [5.74, 6) is 0.696. The molecule has 0 saturated heterocycles. The Morgan fingerprint density at radius 3 is 2.43 bits per heavy atom. The van der Waals surface area contributed by atoms with E-state index in [4.69, 9.17) is 14.7 Å². The fourth-order valence-corrected chi connectivity index (χ4v) is 2.01. The van der Waals surface area contributed by atoms with Crippen LogP contribution in [-0.4, -0.2) is 13.7 Å². The largest absolute Gasteiger partial charge is 0.479 e. The van der Waals surface area contributed by atoms with Crippen molar-refractivity contribution in [1.82, 2.24) is 0 Å². The smallest absolute Gasteiger partial charge is 0.174 e. The third-order valence-corrected chi connectivity index (χ3v) is 3.06. The van der Waals surface area contributed by atoms with Gasteiger partial charge in [-0.25, -0.2) is 0 Å². The fraction of sp³-hybridized carbons (Fsp3) is 0.235. The van der Waals surface area contributed by atoms with Crippen molar-refractivity contribution in [3.63, 3.8) is 0 Å². The monoisotopic (exact) mass is 282 g/mol. The van der Waals surface area contributed by atoms with Gasteiger partial charge in [0.2, 0.25) is 0 Å². The molecule has 2 aromatic rings. The standard InChI is InChI=1S/C17H18N2O2/c1-20-13-15-5-3-2-4-14(15)12-19-16-6-8-17(9-7-16)21-11-10-18/h2-9,19H,11-13H2,1H3.